The van der Waals surface area contributed by atoms with E-state index in [0.29, 0.717) is 0 Å². The first-order valence-corrected chi connectivity index (χ1v) is 6.75. The predicted octanol–water partition coefficient (Wildman–Crippen LogP) is 3.66. The largest absolute Gasteiger partial charge is 0.459 e. The number of rotatable bonds is 4. The molecule has 0 radical (unpaired) electrons. The maximum atomic E-state index is 11.6. The minimum absolute atomic E-state index is 0.146. The Kier molecular flexibility index (Phi) is 5.00. The van der Waals surface area contributed by atoms with E-state index >= 15 is 0 Å². The normalized spacial score (nSPS) is 16.9. The third-order valence-corrected chi connectivity index (χ3v) is 3.29. The smallest absolute Gasteiger partial charge is 0.330 e. The number of hydrogen-bond donors (Lipinski definition) is 0. The Labute approximate surface area is 109 Å². The van der Waals surface area contributed by atoms with Crippen LogP contribution in [0.25, 0.3) is 0 Å². The van der Waals surface area contributed by atoms with E-state index in [0.717, 1.165) is 19.3 Å². The maximum absolute atomic E-state index is 11.6. The summed E-state index contributed by atoms with van der Waals surface area (Å²) in [6.45, 7) is 0. The van der Waals surface area contributed by atoms with E-state index in [9.17, 15) is 4.79 Å². The van der Waals surface area contributed by atoms with Crippen LogP contribution in [0.4, 0.5) is 0 Å². The summed E-state index contributed by atoms with van der Waals surface area (Å²) in [7, 11) is 0. The van der Waals surface area contributed by atoms with Crippen LogP contribution < -0.4 is 0 Å². The van der Waals surface area contributed by atoms with Crippen LogP contribution in [0.5, 0.6) is 0 Å². The van der Waals surface area contributed by atoms with Crippen molar-refractivity contribution >= 4 is 5.97 Å². The van der Waals surface area contributed by atoms with Gasteiger partial charge in [-0.15, -0.1) is 0 Å². The van der Waals surface area contributed by atoms with Crippen LogP contribution in [0.15, 0.2) is 42.5 Å². The molecule has 0 amide bonds. The molecule has 1 aromatic rings. The molecule has 96 valence electrons. The zero-order chi connectivity index (χ0) is 12.6. The molecule has 0 unspecified atom stereocenters. The number of carbonyl (C=O) groups is 1. The zero-order valence-electron chi connectivity index (χ0n) is 10.7. The van der Waals surface area contributed by atoms with Crippen molar-refractivity contribution in [3.8, 4) is 0 Å². The summed E-state index contributed by atoms with van der Waals surface area (Å²) in [6.07, 6.45) is 10.1. The molecular formula is C16H20O2. The lowest BCUT2D eigenvalue weighted by molar-refractivity contribution is -0.144. The van der Waals surface area contributed by atoms with Crippen LogP contribution >= 0.6 is 0 Å². The molecule has 1 aromatic carbocycles. The summed E-state index contributed by atoms with van der Waals surface area (Å²) >= 11 is 0. The fourth-order valence-corrected chi connectivity index (χ4v) is 2.29. The summed E-state index contributed by atoms with van der Waals surface area (Å²) in [6, 6.07) is 10.1. The van der Waals surface area contributed by atoms with Gasteiger partial charge in [-0.1, -0.05) is 42.8 Å². The molecule has 0 heterocycles. The van der Waals surface area contributed by atoms with Gasteiger partial charge in [0.25, 0.3) is 0 Å². The Morgan fingerprint density at radius 2 is 1.89 bits per heavy atom. The van der Waals surface area contributed by atoms with Gasteiger partial charge in [0.2, 0.25) is 0 Å². The molecule has 2 heteroatoms. The van der Waals surface area contributed by atoms with Gasteiger partial charge in [-0.2, -0.15) is 0 Å². The van der Waals surface area contributed by atoms with E-state index in [1.54, 1.807) is 6.08 Å². The summed E-state index contributed by atoms with van der Waals surface area (Å²) in [4.78, 5) is 11.6. The second kappa shape index (κ2) is 7.00. The number of hydrogen-bond acceptors (Lipinski definition) is 2. The molecule has 0 N–H and O–H groups in total. The SMILES string of the molecule is O=C(C=CCc1ccccc1)OC1CCCCC1. The number of ether oxygens (including phenoxy) is 1. The number of benzene rings is 1. The number of carbonyl (C=O) groups excluding carboxylic acids is 1. The van der Waals surface area contributed by atoms with E-state index in [2.05, 4.69) is 12.1 Å². The van der Waals surface area contributed by atoms with Crippen LogP contribution in [0.1, 0.15) is 37.7 Å². The fourth-order valence-electron chi connectivity index (χ4n) is 2.29. The second-order valence-electron chi connectivity index (χ2n) is 4.79. The summed E-state index contributed by atoms with van der Waals surface area (Å²) in [5.41, 5.74) is 1.21. The van der Waals surface area contributed by atoms with Crippen LogP contribution in [-0.2, 0) is 16.0 Å². The van der Waals surface area contributed by atoms with Gasteiger partial charge in [-0.3, -0.25) is 0 Å². The highest BCUT2D eigenvalue weighted by molar-refractivity contribution is 5.82. The lowest BCUT2D eigenvalue weighted by Crippen LogP contribution is -2.19. The maximum Gasteiger partial charge on any atom is 0.330 e. The molecule has 1 saturated carbocycles. The molecule has 0 saturated heterocycles. The Hall–Kier alpha value is -1.57. The van der Waals surface area contributed by atoms with Crippen molar-refractivity contribution in [1.82, 2.24) is 0 Å². The number of allylic oxidation sites excluding steroid dienone is 1. The fraction of sp³-hybridized carbons (Fsp3) is 0.438. The summed E-state index contributed by atoms with van der Waals surface area (Å²) in [5.74, 6) is -0.196. The third-order valence-electron chi connectivity index (χ3n) is 3.29. The Bertz CT molecular complexity index is 389. The standard InChI is InChI=1S/C16H20O2/c17-16(18-15-11-5-2-6-12-15)13-7-10-14-8-3-1-4-9-14/h1,3-4,7-9,13,15H,2,5-6,10-12H2. The average molecular weight is 244 g/mol. The molecule has 0 aliphatic heterocycles. The quantitative estimate of drug-likeness (QED) is 0.597. The summed E-state index contributed by atoms with van der Waals surface area (Å²) in [5, 5.41) is 0. The number of esters is 1. The molecule has 1 fully saturated rings. The first kappa shape index (κ1) is 12.9. The molecule has 0 atom stereocenters. The first-order chi connectivity index (χ1) is 8.84. The van der Waals surface area contributed by atoms with Crippen molar-refractivity contribution in [3.63, 3.8) is 0 Å². The molecule has 0 spiro atoms. The van der Waals surface area contributed by atoms with Crippen molar-refractivity contribution in [2.24, 2.45) is 0 Å². The lowest BCUT2D eigenvalue weighted by Gasteiger charge is -2.20. The second-order valence-corrected chi connectivity index (χ2v) is 4.79. The highest BCUT2D eigenvalue weighted by Crippen LogP contribution is 2.20. The molecule has 0 bridgehead atoms. The van der Waals surface area contributed by atoms with Crippen molar-refractivity contribution in [2.45, 2.75) is 44.6 Å². The third kappa shape index (κ3) is 4.36. The average Bonchev–Trinajstić information content (AvgIpc) is 2.41. The molecular weight excluding hydrogens is 224 g/mol. The van der Waals surface area contributed by atoms with Gasteiger partial charge in [-0.05, 0) is 37.7 Å². The van der Waals surface area contributed by atoms with Crippen molar-refractivity contribution in [3.05, 3.63) is 48.0 Å². The van der Waals surface area contributed by atoms with E-state index in [-0.39, 0.29) is 12.1 Å². The zero-order valence-corrected chi connectivity index (χ0v) is 10.7. The highest BCUT2D eigenvalue weighted by Gasteiger charge is 2.15. The van der Waals surface area contributed by atoms with Gasteiger partial charge in [-0.25, -0.2) is 4.79 Å². The monoisotopic (exact) mass is 244 g/mol. The van der Waals surface area contributed by atoms with Crippen molar-refractivity contribution in [1.29, 1.82) is 0 Å². The minimum Gasteiger partial charge on any atom is -0.459 e. The van der Waals surface area contributed by atoms with E-state index in [4.69, 9.17) is 4.74 Å². The van der Waals surface area contributed by atoms with Crippen molar-refractivity contribution < 1.29 is 9.53 Å². The van der Waals surface area contributed by atoms with Gasteiger partial charge in [0.15, 0.2) is 0 Å². The molecule has 2 nitrogen and oxygen atoms in total. The Morgan fingerprint density at radius 3 is 2.61 bits per heavy atom. The van der Waals surface area contributed by atoms with Crippen LogP contribution in [0, 0.1) is 0 Å². The van der Waals surface area contributed by atoms with E-state index in [1.165, 1.54) is 24.8 Å². The van der Waals surface area contributed by atoms with Crippen LogP contribution in [0.3, 0.4) is 0 Å². The Morgan fingerprint density at radius 1 is 1.17 bits per heavy atom. The molecule has 1 aliphatic rings. The lowest BCUT2D eigenvalue weighted by atomic mass is 9.98. The molecule has 1 aliphatic carbocycles. The van der Waals surface area contributed by atoms with Crippen molar-refractivity contribution in [2.75, 3.05) is 0 Å². The van der Waals surface area contributed by atoms with E-state index < -0.39 is 0 Å². The van der Waals surface area contributed by atoms with E-state index in [1.807, 2.05) is 24.3 Å². The highest BCUT2D eigenvalue weighted by atomic mass is 16.5. The molecule has 2 rings (SSSR count). The van der Waals surface area contributed by atoms with Gasteiger partial charge >= 0.3 is 5.97 Å². The van der Waals surface area contributed by atoms with Gasteiger partial charge in [0.05, 0.1) is 0 Å². The minimum atomic E-state index is -0.196. The topological polar surface area (TPSA) is 26.3 Å². The molecule has 0 aromatic heterocycles. The first-order valence-electron chi connectivity index (χ1n) is 6.75. The predicted molar refractivity (Wildman–Crippen MR) is 72.3 cm³/mol. The van der Waals surface area contributed by atoms with Gasteiger partial charge in [0, 0.05) is 6.08 Å². The van der Waals surface area contributed by atoms with Gasteiger partial charge < -0.3 is 4.74 Å². The van der Waals surface area contributed by atoms with Crippen LogP contribution in [0.2, 0.25) is 0 Å². The van der Waals surface area contributed by atoms with Gasteiger partial charge in [0.1, 0.15) is 6.10 Å². The Balaban J connectivity index is 1.73. The molecule has 18 heavy (non-hydrogen) atoms. The van der Waals surface area contributed by atoms with Crippen LogP contribution in [-0.4, -0.2) is 12.1 Å². The summed E-state index contributed by atoms with van der Waals surface area (Å²) < 4.78 is 5.40.